The number of aliphatic carboxylic acids is 1. The molecule has 1 aliphatic carbocycles. The van der Waals surface area contributed by atoms with Crippen molar-refractivity contribution >= 4 is 18.2 Å². The molecule has 8 nitrogen and oxygen atoms in total. The number of methoxy groups -OCH3 is 1. The van der Waals surface area contributed by atoms with Gasteiger partial charge in [-0.25, -0.2) is 14.4 Å². The van der Waals surface area contributed by atoms with E-state index in [-0.39, 0.29) is 13.2 Å². The summed E-state index contributed by atoms with van der Waals surface area (Å²) in [7, 11) is 1.24. The average molecular weight is 426 g/mol. The molecule has 1 unspecified atom stereocenters. The Morgan fingerprint density at radius 3 is 2.16 bits per heavy atom. The van der Waals surface area contributed by atoms with Crippen molar-refractivity contribution in [2.45, 2.75) is 31.8 Å². The largest absolute Gasteiger partial charge is 0.480 e. The molecule has 2 amide bonds. The van der Waals surface area contributed by atoms with Gasteiger partial charge in [0.2, 0.25) is 0 Å². The lowest BCUT2D eigenvalue weighted by molar-refractivity contribution is -0.139. The zero-order valence-corrected chi connectivity index (χ0v) is 17.5. The summed E-state index contributed by atoms with van der Waals surface area (Å²) in [5.41, 5.74) is 3.67. The van der Waals surface area contributed by atoms with Crippen molar-refractivity contribution in [3.8, 4) is 11.1 Å². The Kier molecular flexibility index (Phi) is 7.12. The highest BCUT2D eigenvalue weighted by atomic mass is 16.6. The van der Waals surface area contributed by atoms with Crippen LogP contribution in [-0.4, -0.2) is 54.5 Å². The van der Waals surface area contributed by atoms with E-state index in [0.717, 1.165) is 28.7 Å². The normalized spacial score (nSPS) is 13.0. The molecule has 0 aromatic heterocycles. The number of carbonyl (C=O) groups excluding carboxylic acids is 2. The lowest BCUT2D eigenvalue weighted by Gasteiger charge is -2.31. The number of carboxylic acids is 1. The van der Waals surface area contributed by atoms with Crippen LogP contribution in [0.4, 0.5) is 9.59 Å². The number of rotatable bonds is 8. The number of benzene rings is 2. The third-order valence-electron chi connectivity index (χ3n) is 5.22. The SMILES string of the molecule is CCCCOC(=O)NC(CN(C(=O)OC)C1c2ccccc2-c2ccccc21)C(=O)O. The van der Waals surface area contributed by atoms with Crippen LogP contribution in [0.2, 0.25) is 0 Å². The number of hydrogen-bond donors (Lipinski definition) is 2. The van der Waals surface area contributed by atoms with E-state index in [1.165, 1.54) is 12.0 Å². The van der Waals surface area contributed by atoms with Crippen molar-refractivity contribution < 1.29 is 29.0 Å². The van der Waals surface area contributed by atoms with Gasteiger partial charge in [0.15, 0.2) is 0 Å². The molecule has 0 aliphatic heterocycles. The molecule has 3 rings (SSSR count). The first-order valence-corrected chi connectivity index (χ1v) is 10.2. The summed E-state index contributed by atoms with van der Waals surface area (Å²) in [6, 6.07) is 13.4. The van der Waals surface area contributed by atoms with Crippen LogP contribution in [0.1, 0.15) is 36.9 Å². The number of fused-ring (bicyclic) bond motifs is 3. The van der Waals surface area contributed by atoms with Crippen molar-refractivity contribution in [2.75, 3.05) is 20.3 Å². The summed E-state index contributed by atoms with van der Waals surface area (Å²) in [6.45, 7) is 1.85. The van der Waals surface area contributed by atoms with E-state index in [2.05, 4.69) is 5.32 Å². The molecule has 0 radical (unpaired) electrons. The number of carbonyl (C=O) groups is 3. The first-order chi connectivity index (χ1) is 15.0. The Labute approximate surface area is 180 Å². The minimum atomic E-state index is -1.37. The molecule has 0 heterocycles. The Morgan fingerprint density at radius 1 is 1.06 bits per heavy atom. The monoisotopic (exact) mass is 426 g/mol. The molecular weight excluding hydrogens is 400 g/mol. The van der Waals surface area contributed by atoms with Crippen LogP contribution in [0, 0.1) is 0 Å². The maximum absolute atomic E-state index is 12.7. The molecule has 1 aliphatic rings. The molecule has 2 N–H and O–H groups in total. The number of unbranched alkanes of at least 4 members (excludes halogenated alkanes) is 1. The smallest absolute Gasteiger partial charge is 0.410 e. The van der Waals surface area contributed by atoms with Crippen molar-refractivity contribution in [1.29, 1.82) is 0 Å². The number of alkyl carbamates (subject to hydrolysis) is 1. The molecule has 0 spiro atoms. The lowest BCUT2D eigenvalue weighted by atomic mass is 10.0. The second-order valence-electron chi connectivity index (χ2n) is 7.22. The standard InChI is InChI=1S/C23H26N2O6/c1-3-4-13-31-22(28)24-19(21(26)27)14-25(23(29)30-2)20-17-11-7-5-9-15(17)16-10-6-8-12-18(16)20/h5-12,19-20H,3-4,13-14H2,1-2H3,(H,24,28)(H,26,27). The fourth-order valence-corrected chi connectivity index (χ4v) is 3.74. The second-order valence-corrected chi connectivity index (χ2v) is 7.22. The molecule has 0 saturated carbocycles. The summed E-state index contributed by atoms with van der Waals surface area (Å²) in [5.74, 6) is -1.28. The molecule has 164 valence electrons. The van der Waals surface area contributed by atoms with Crippen LogP contribution < -0.4 is 5.32 Å². The zero-order valence-electron chi connectivity index (χ0n) is 17.5. The summed E-state index contributed by atoms with van der Waals surface area (Å²) in [4.78, 5) is 38.0. The van der Waals surface area contributed by atoms with Crippen LogP contribution in [0.5, 0.6) is 0 Å². The average Bonchev–Trinajstić information content (AvgIpc) is 3.10. The number of carboxylic acid groups (broad SMARTS) is 1. The van der Waals surface area contributed by atoms with Gasteiger partial charge >= 0.3 is 18.2 Å². The van der Waals surface area contributed by atoms with Gasteiger partial charge in [-0.15, -0.1) is 0 Å². The number of hydrogen-bond acceptors (Lipinski definition) is 5. The summed E-state index contributed by atoms with van der Waals surface area (Å²) >= 11 is 0. The van der Waals surface area contributed by atoms with Gasteiger partial charge in [-0.3, -0.25) is 4.90 Å². The molecule has 1 atom stereocenters. The quantitative estimate of drug-likeness (QED) is 0.622. The highest BCUT2D eigenvalue weighted by Gasteiger charge is 2.38. The van der Waals surface area contributed by atoms with E-state index in [4.69, 9.17) is 9.47 Å². The van der Waals surface area contributed by atoms with Gasteiger partial charge in [0.05, 0.1) is 26.3 Å². The third kappa shape index (κ3) is 4.79. The van der Waals surface area contributed by atoms with Crippen LogP contribution in [0.3, 0.4) is 0 Å². The molecule has 8 heteroatoms. The highest BCUT2D eigenvalue weighted by molar-refractivity contribution is 5.83. The van der Waals surface area contributed by atoms with E-state index in [0.29, 0.717) is 6.42 Å². The van der Waals surface area contributed by atoms with Gasteiger partial charge in [0, 0.05) is 0 Å². The predicted octanol–water partition coefficient (Wildman–Crippen LogP) is 3.80. The third-order valence-corrected chi connectivity index (χ3v) is 5.22. The molecule has 0 bridgehead atoms. The molecule has 2 aromatic rings. The van der Waals surface area contributed by atoms with E-state index < -0.39 is 30.2 Å². The Hall–Kier alpha value is -3.55. The van der Waals surface area contributed by atoms with E-state index in [1.54, 1.807) is 0 Å². The van der Waals surface area contributed by atoms with E-state index >= 15 is 0 Å². The Morgan fingerprint density at radius 2 is 1.65 bits per heavy atom. The van der Waals surface area contributed by atoms with Crippen LogP contribution in [-0.2, 0) is 14.3 Å². The van der Waals surface area contributed by atoms with Gasteiger partial charge in [-0.05, 0) is 28.7 Å². The number of amides is 2. The number of ether oxygens (including phenoxy) is 2. The van der Waals surface area contributed by atoms with E-state index in [1.807, 2.05) is 55.5 Å². The fourth-order valence-electron chi connectivity index (χ4n) is 3.74. The minimum absolute atomic E-state index is 0.193. The number of nitrogens with zero attached hydrogens (tertiary/aromatic N) is 1. The molecule has 0 saturated heterocycles. The minimum Gasteiger partial charge on any atom is -0.480 e. The molecule has 31 heavy (non-hydrogen) atoms. The van der Waals surface area contributed by atoms with Crippen LogP contribution >= 0.6 is 0 Å². The van der Waals surface area contributed by atoms with Crippen molar-refractivity contribution in [1.82, 2.24) is 10.2 Å². The maximum Gasteiger partial charge on any atom is 0.410 e. The fraction of sp³-hybridized carbons (Fsp3) is 0.348. The molecule has 0 fully saturated rings. The van der Waals surface area contributed by atoms with Crippen LogP contribution in [0.15, 0.2) is 48.5 Å². The Balaban J connectivity index is 1.91. The predicted molar refractivity (Wildman–Crippen MR) is 114 cm³/mol. The van der Waals surface area contributed by atoms with Gasteiger partial charge in [-0.2, -0.15) is 0 Å². The maximum atomic E-state index is 12.7. The summed E-state index contributed by atoms with van der Waals surface area (Å²) in [6.07, 6.45) is -0.0109. The second kappa shape index (κ2) is 9.97. The lowest BCUT2D eigenvalue weighted by Crippen LogP contribution is -2.51. The first kappa shape index (κ1) is 22.1. The molecular formula is C23H26N2O6. The van der Waals surface area contributed by atoms with Crippen molar-refractivity contribution in [3.63, 3.8) is 0 Å². The first-order valence-electron chi connectivity index (χ1n) is 10.2. The van der Waals surface area contributed by atoms with Gasteiger partial charge in [-0.1, -0.05) is 61.9 Å². The molecule has 2 aromatic carbocycles. The topological polar surface area (TPSA) is 105 Å². The van der Waals surface area contributed by atoms with Gasteiger partial charge in [0.25, 0.3) is 0 Å². The highest BCUT2D eigenvalue weighted by Crippen LogP contribution is 2.46. The Bertz CT molecular complexity index is 915. The van der Waals surface area contributed by atoms with Crippen molar-refractivity contribution in [3.05, 3.63) is 59.7 Å². The van der Waals surface area contributed by atoms with Gasteiger partial charge < -0.3 is 19.9 Å². The summed E-state index contributed by atoms with van der Waals surface area (Å²) in [5, 5.41) is 12.0. The van der Waals surface area contributed by atoms with Gasteiger partial charge in [0.1, 0.15) is 6.04 Å². The number of nitrogens with one attached hydrogen (secondary N) is 1. The van der Waals surface area contributed by atoms with E-state index in [9.17, 15) is 19.5 Å². The summed E-state index contributed by atoms with van der Waals surface area (Å²) < 4.78 is 9.99. The van der Waals surface area contributed by atoms with Crippen LogP contribution in [0.25, 0.3) is 11.1 Å². The van der Waals surface area contributed by atoms with Crippen molar-refractivity contribution in [2.24, 2.45) is 0 Å². The zero-order chi connectivity index (χ0) is 22.4.